The average Bonchev–Trinajstić information content (AvgIpc) is 2.57. The van der Waals surface area contributed by atoms with Gasteiger partial charge in [0.25, 0.3) is 0 Å². The molecular weight excluding hydrogens is 433 g/mol. The first kappa shape index (κ1) is 20.8. The largest absolute Gasteiger partial charge is 0.476 e. The summed E-state index contributed by atoms with van der Waals surface area (Å²) in [7, 11) is 3.95. The predicted octanol–water partition coefficient (Wildman–Crippen LogP) is 4.71. The molecule has 2 aromatic rings. The number of pyridine rings is 2. The van der Waals surface area contributed by atoms with E-state index in [2.05, 4.69) is 30.6 Å². The topological polar surface area (TPSA) is 50.3 Å². The van der Waals surface area contributed by atoms with Gasteiger partial charge in [0.2, 0.25) is 5.88 Å². The minimum Gasteiger partial charge on any atom is -0.476 e. The smallest absolute Gasteiger partial charge is 0.417 e. The Balaban J connectivity index is 2.03. The fourth-order valence-electron chi connectivity index (χ4n) is 1.91. The predicted molar refractivity (Wildman–Crippen MR) is 99.3 cm³/mol. The summed E-state index contributed by atoms with van der Waals surface area (Å²) in [5, 5.41) is 0. The number of hydrogen-bond acceptors (Lipinski definition) is 6. The third-order valence-electron chi connectivity index (χ3n) is 3.13. The van der Waals surface area contributed by atoms with E-state index in [1.54, 1.807) is 12.3 Å². The van der Waals surface area contributed by atoms with E-state index in [0.717, 1.165) is 41.6 Å². The summed E-state index contributed by atoms with van der Waals surface area (Å²) in [6, 6.07) is 2.79. The SMILES string of the molecule is CN(C)CCCOc1ncc(Br)cc1NSc1cncc(C(F)(F)F)c1. The van der Waals surface area contributed by atoms with Crippen LogP contribution < -0.4 is 9.46 Å². The molecule has 1 N–H and O–H groups in total. The van der Waals surface area contributed by atoms with Crippen molar-refractivity contribution >= 4 is 33.6 Å². The molecule has 26 heavy (non-hydrogen) atoms. The first-order chi connectivity index (χ1) is 12.3. The van der Waals surface area contributed by atoms with Crippen LogP contribution in [0.5, 0.6) is 5.88 Å². The number of nitrogens with zero attached hydrogens (tertiary/aromatic N) is 3. The molecule has 0 fully saturated rings. The Hall–Kier alpha value is -1.52. The number of alkyl halides is 3. The van der Waals surface area contributed by atoms with Crippen molar-refractivity contribution < 1.29 is 17.9 Å². The highest BCUT2D eigenvalue weighted by Crippen LogP contribution is 2.33. The van der Waals surface area contributed by atoms with E-state index in [4.69, 9.17) is 4.74 Å². The Labute approximate surface area is 162 Å². The van der Waals surface area contributed by atoms with Crippen LogP contribution in [0.4, 0.5) is 18.9 Å². The lowest BCUT2D eigenvalue weighted by Crippen LogP contribution is -2.15. The molecule has 0 unspecified atom stereocenters. The Morgan fingerprint density at radius 1 is 1.23 bits per heavy atom. The maximum atomic E-state index is 12.8. The van der Waals surface area contributed by atoms with Gasteiger partial charge in [0.1, 0.15) is 5.69 Å². The van der Waals surface area contributed by atoms with Crippen LogP contribution in [-0.2, 0) is 6.18 Å². The Kier molecular flexibility index (Phi) is 7.54. The molecule has 0 spiro atoms. The van der Waals surface area contributed by atoms with Crippen molar-refractivity contribution in [1.29, 1.82) is 0 Å². The van der Waals surface area contributed by atoms with Crippen molar-refractivity contribution in [3.05, 3.63) is 40.8 Å². The number of aromatic nitrogens is 2. The summed E-state index contributed by atoms with van der Waals surface area (Å²) in [4.78, 5) is 10.2. The van der Waals surface area contributed by atoms with Crippen molar-refractivity contribution in [2.24, 2.45) is 0 Å². The highest BCUT2D eigenvalue weighted by molar-refractivity contribution is 9.10. The van der Waals surface area contributed by atoms with Gasteiger partial charge in [-0.3, -0.25) is 4.98 Å². The van der Waals surface area contributed by atoms with E-state index < -0.39 is 11.7 Å². The normalized spacial score (nSPS) is 11.7. The number of anilines is 1. The van der Waals surface area contributed by atoms with Gasteiger partial charge in [0.15, 0.2) is 0 Å². The van der Waals surface area contributed by atoms with Gasteiger partial charge in [-0.15, -0.1) is 0 Å². The van der Waals surface area contributed by atoms with Gasteiger partial charge in [0.05, 0.1) is 12.2 Å². The first-order valence-electron chi connectivity index (χ1n) is 7.64. The lowest BCUT2D eigenvalue weighted by Gasteiger charge is -2.14. The fraction of sp³-hybridized carbons (Fsp3) is 0.375. The minimum atomic E-state index is -4.43. The summed E-state index contributed by atoms with van der Waals surface area (Å²) >= 11 is 4.34. The van der Waals surface area contributed by atoms with E-state index in [1.165, 1.54) is 6.20 Å². The molecule has 0 aliphatic carbocycles. The molecule has 0 bridgehead atoms. The molecule has 2 heterocycles. The van der Waals surface area contributed by atoms with Crippen LogP contribution in [-0.4, -0.2) is 42.1 Å². The lowest BCUT2D eigenvalue weighted by molar-refractivity contribution is -0.138. The molecule has 10 heteroatoms. The second-order valence-electron chi connectivity index (χ2n) is 5.62. The van der Waals surface area contributed by atoms with Crippen molar-refractivity contribution in [2.75, 3.05) is 32.0 Å². The quantitative estimate of drug-likeness (QED) is 0.464. The highest BCUT2D eigenvalue weighted by Gasteiger charge is 2.31. The van der Waals surface area contributed by atoms with Crippen LogP contribution in [0.25, 0.3) is 0 Å². The van der Waals surface area contributed by atoms with Crippen LogP contribution in [0.3, 0.4) is 0 Å². The van der Waals surface area contributed by atoms with Crippen LogP contribution in [0, 0.1) is 0 Å². The van der Waals surface area contributed by atoms with Crippen molar-refractivity contribution in [1.82, 2.24) is 14.9 Å². The molecule has 0 aromatic carbocycles. The monoisotopic (exact) mass is 450 g/mol. The van der Waals surface area contributed by atoms with Gasteiger partial charge in [0, 0.05) is 34.5 Å². The zero-order chi connectivity index (χ0) is 19.2. The highest BCUT2D eigenvalue weighted by atomic mass is 79.9. The summed E-state index contributed by atoms with van der Waals surface area (Å²) < 4.78 is 47.7. The molecule has 0 aliphatic heterocycles. The molecule has 5 nitrogen and oxygen atoms in total. The molecule has 2 aromatic heterocycles. The Morgan fingerprint density at radius 2 is 2.00 bits per heavy atom. The van der Waals surface area contributed by atoms with Gasteiger partial charge in [-0.25, -0.2) is 4.98 Å². The summed E-state index contributed by atoms with van der Waals surface area (Å²) in [6.07, 6.45) is 0.152. The maximum absolute atomic E-state index is 12.8. The van der Waals surface area contributed by atoms with Gasteiger partial charge in [-0.1, -0.05) is 0 Å². The average molecular weight is 451 g/mol. The number of nitrogens with one attached hydrogen (secondary N) is 1. The number of ether oxygens (including phenoxy) is 1. The summed E-state index contributed by atoms with van der Waals surface area (Å²) in [6.45, 7) is 1.36. The van der Waals surface area contributed by atoms with Crippen molar-refractivity contribution in [3.8, 4) is 5.88 Å². The molecule has 142 valence electrons. The summed E-state index contributed by atoms with van der Waals surface area (Å²) in [5.74, 6) is 0.388. The van der Waals surface area contributed by atoms with Crippen molar-refractivity contribution in [3.63, 3.8) is 0 Å². The van der Waals surface area contributed by atoms with Crippen LogP contribution in [0.2, 0.25) is 0 Å². The fourth-order valence-corrected chi connectivity index (χ4v) is 2.91. The van der Waals surface area contributed by atoms with Crippen LogP contribution in [0.1, 0.15) is 12.0 Å². The van der Waals surface area contributed by atoms with Crippen molar-refractivity contribution in [2.45, 2.75) is 17.5 Å². The third-order valence-corrected chi connectivity index (χ3v) is 4.34. The van der Waals surface area contributed by atoms with Gasteiger partial charge < -0.3 is 14.4 Å². The van der Waals surface area contributed by atoms with Gasteiger partial charge in [-0.2, -0.15) is 13.2 Å². The minimum absolute atomic E-state index is 0.332. The van der Waals surface area contributed by atoms with E-state index in [1.807, 2.05) is 19.0 Å². The molecule has 0 atom stereocenters. The van der Waals surface area contributed by atoms with Gasteiger partial charge >= 0.3 is 6.18 Å². The Bertz CT molecular complexity index is 731. The number of hydrogen-bond donors (Lipinski definition) is 1. The molecule has 2 rings (SSSR count). The maximum Gasteiger partial charge on any atom is 0.417 e. The summed E-state index contributed by atoms with van der Waals surface area (Å²) in [5.41, 5.74) is -0.233. The number of halogens is 4. The first-order valence-corrected chi connectivity index (χ1v) is 9.25. The molecular formula is C16H18BrF3N4OS. The second-order valence-corrected chi connectivity index (χ2v) is 7.42. The van der Waals surface area contributed by atoms with E-state index in [9.17, 15) is 13.2 Å². The number of rotatable bonds is 8. The lowest BCUT2D eigenvalue weighted by atomic mass is 10.3. The van der Waals surface area contributed by atoms with Gasteiger partial charge in [-0.05, 0) is 60.5 Å². The standard InChI is InChI=1S/C16H18BrF3N4OS/c1-24(2)4-3-5-25-15-14(7-12(17)9-22-15)23-26-13-6-11(8-21-10-13)16(18,19)20/h6-10,23H,3-5H2,1-2H3. The molecule has 0 saturated heterocycles. The molecule has 0 saturated carbocycles. The zero-order valence-electron chi connectivity index (χ0n) is 14.2. The van der Waals surface area contributed by atoms with E-state index in [0.29, 0.717) is 23.1 Å². The second kappa shape index (κ2) is 9.43. The van der Waals surface area contributed by atoms with E-state index in [-0.39, 0.29) is 0 Å². The molecule has 0 radical (unpaired) electrons. The zero-order valence-corrected chi connectivity index (χ0v) is 16.6. The molecule has 0 aliphatic rings. The Morgan fingerprint density at radius 3 is 2.69 bits per heavy atom. The third kappa shape index (κ3) is 6.65. The molecule has 0 amide bonds. The van der Waals surface area contributed by atoms with E-state index >= 15 is 0 Å². The van der Waals surface area contributed by atoms with Crippen LogP contribution in [0.15, 0.2) is 40.1 Å². The van der Waals surface area contributed by atoms with Crippen LogP contribution >= 0.6 is 27.9 Å².